The maximum Gasteiger partial charge on any atom is 0.240 e. The molecule has 2 N–H and O–H groups in total. The molecular weight excluding hydrogens is 531 g/mol. The molecule has 35 heavy (non-hydrogen) atoms. The number of hydrogen-bond donors (Lipinski definition) is 2. The summed E-state index contributed by atoms with van der Waals surface area (Å²) in [6, 6.07) is 14.9. The number of rotatable bonds is 9. The second kappa shape index (κ2) is 10.9. The van der Waals surface area contributed by atoms with Gasteiger partial charge >= 0.3 is 0 Å². The quantitative estimate of drug-likeness (QED) is 0.302. The lowest BCUT2D eigenvalue weighted by Crippen LogP contribution is -2.26. The number of benzene rings is 2. The highest BCUT2D eigenvalue weighted by Gasteiger charge is 2.15. The van der Waals surface area contributed by atoms with Crippen LogP contribution >= 0.6 is 35.0 Å². The van der Waals surface area contributed by atoms with Crippen LogP contribution in [-0.2, 0) is 21.2 Å². The second-order valence-electron chi connectivity index (χ2n) is 7.48. The summed E-state index contributed by atoms with van der Waals surface area (Å²) in [5.74, 6) is 0.381. The molecule has 2 heterocycles. The van der Waals surface area contributed by atoms with Crippen LogP contribution in [0.5, 0.6) is 0 Å². The first-order valence-corrected chi connectivity index (χ1v) is 13.6. The SMILES string of the molecule is Cc1ccc(S(=O)(=O)NCCc2nnc3ccc(SCC(=O)Nc4ccc(Cl)c(Cl)c4)nn23)cc1. The van der Waals surface area contributed by atoms with E-state index in [0.29, 0.717) is 32.2 Å². The molecule has 0 atom stereocenters. The van der Waals surface area contributed by atoms with Gasteiger partial charge in [-0.3, -0.25) is 4.79 Å². The molecule has 0 spiro atoms. The van der Waals surface area contributed by atoms with Crippen molar-refractivity contribution in [1.29, 1.82) is 0 Å². The van der Waals surface area contributed by atoms with Gasteiger partial charge in [-0.25, -0.2) is 13.1 Å². The Kier molecular flexibility index (Phi) is 7.92. The number of thioether (sulfide) groups is 1. The molecule has 0 saturated heterocycles. The summed E-state index contributed by atoms with van der Waals surface area (Å²) >= 11 is 13.1. The minimum absolute atomic E-state index is 0.118. The molecule has 1 amide bonds. The van der Waals surface area contributed by atoms with Crippen LogP contribution in [0.1, 0.15) is 11.4 Å². The average molecular weight is 551 g/mol. The van der Waals surface area contributed by atoms with E-state index in [0.717, 1.165) is 5.56 Å². The predicted octanol–water partition coefficient (Wildman–Crippen LogP) is 3.99. The first-order valence-electron chi connectivity index (χ1n) is 10.4. The smallest absolute Gasteiger partial charge is 0.240 e. The van der Waals surface area contributed by atoms with Gasteiger partial charge in [0.25, 0.3) is 0 Å². The summed E-state index contributed by atoms with van der Waals surface area (Å²) in [4.78, 5) is 12.5. The molecule has 0 unspecified atom stereocenters. The summed E-state index contributed by atoms with van der Waals surface area (Å²) in [5, 5.41) is 16.8. The Labute approximate surface area is 216 Å². The molecule has 0 aliphatic rings. The Morgan fingerprint density at radius 3 is 2.54 bits per heavy atom. The van der Waals surface area contributed by atoms with Gasteiger partial charge < -0.3 is 5.32 Å². The molecule has 0 aliphatic heterocycles. The van der Waals surface area contributed by atoms with Gasteiger partial charge in [0.2, 0.25) is 15.9 Å². The minimum Gasteiger partial charge on any atom is -0.325 e. The zero-order valence-corrected chi connectivity index (χ0v) is 21.5. The van der Waals surface area contributed by atoms with Crippen molar-refractivity contribution in [3.05, 3.63) is 76.0 Å². The number of aryl methyl sites for hydroxylation is 1. The Balaban J connectivity index is 1.36. The number of nitrogens with one attached hydrogen (secondary N) is 2. The van der Waals surface area contributed by atoms with Crippen molar-refractivity contribution < 1.29 is 13.2 Å². The molecule has 0 bridgehead atoms. The zero-order valence-electron chi connectivity index (χ0n) is 18.4. The van der Waals surface area contributed by atoms with Crippen molar-refractivity contribution in [2.24, 2.45) is 0 Å². The van der Waals surface area contributed by atoms with E-state index in [2.05, 4.69) is 25.3 Å². The first kappa shape index (κ1) is 25.4. The monoisotopic (exact) mass is 550 g/mol. The van der Waals surface area contributed by atoms with Crippen LogP contribution in [0.4, 0.5) is 5.69 Å². The molecule has 0 aliphatic carbocycles. The van der Waals surface area contributed by atoms with Crippen molar-refractivity contribution in [3.63, 3.8) is 0 Å². The molecule has 182 valence electrons. The van der Waals surface area contributed by atoms with Crippen LogP contribution in [0.15, 0.2) is 64.5 Å². The number of sulfonamides is 1. The van der Waals surface area contributed by atoms with Crippen LogP contribution in [0, 0.1) is 6.92 Å². The number of halogens is 2. The third kappa shape index (κ3) is 6.50. The lowest BCUT2D eigenvalue weighted by molar-refractivity contribution is -0.113. The molecular formula is C22H20Cl2N6O3S2. The highest BCUT2D eigenvalue weighted by Crippen LogP contribution is 2.25. The largest absolute Gasteiger partial charge is 0.325 e. The van der Waals surface area contributed by atoms with Crippen molar-refractivity contribution in [2.75, 3.05) is 17.6 Å². The molecule has 9 nitrogen and oxygen atoms in total. The molecule has 13 heteroatoms. The molecule has 2 aromatic carbocycles. The van der Waals surface area contributed by atoms with Crippen molar-refractivity contribution >= 4 is 62.2 Å². The van der Waals surface area contributed by atoms with E-state index in [1.165, 1.54) is 11.8 Å². The maximum absolute atomic E-state index is 12.5. The highest BCUT2D eigenvalue weighted by molar-refractivity contribution is 7.99. The van der Waals surface area contributed by atoms with E-state index >= 15 is 0 Å². The van der Waals surface area contributed by atoms with Crippen LogP contribution in [-0.4, -0.2) is 46.4 Å². The summed E-state index contributed by atoms with van der Waals surface area (Å²) in [6.07, 6.45) is 0.283. The third-order valence-corrected chi connectivity index (χ3v) is 7.97. The fourth-order valence-electron chi connectivity index (χ4n) is 3.06. The first-order chi connectivity index (χ1) is 16.7. The van der Waals surface area contributed by atoms with Gasteiger partial charge in [-0.2, -0.15) is 9.61 Å². The van der Waals surface area contributed by atoms with Gasteiger partial charge in [0, 0.05) is 18.7 Å². The van der Waals surface area contributed by atoms with Crippen LogP contribution in [0.25, 0.3) is 5.65 Å². The second-order valence-corrected chi connectivity index (χ2v) is 11.1. The number of nitrogens with zero attached hydrogens (tertiary/aromatic N) is 4. The van der Waals surface area contributed by atoms with Gasteiger partial charge in [0.15, 0.2) is 11.5 Å². The van der Waals surface area contributed by atoms with Crippen molar-refractivity contribution in [2.45, 2.75) is 23.3 Å². The Bertz CT molecular complexity index is 1480. The number of fused-ring (bicyclic) bond motifs is 1. The topological polar surface area (TPSA) is 118 Å². The zero-order chi connectivity index (χ0) is 25.0. The summed E-state index contributed by atoms with van der Waals surface area (Å²) in [6.45, 7) is 2.02. The van der Waals surface area contributed by atoms with Gasteiger partial charge in [0.05, 0.1) is 20.7 Å². The van der Waals surface area contributed by atoms with E-state index in [-0.39, 0.29) is 29.5 Å². The van der Waals surface area contributed by atoms with E-state index in [1.54, 1.807) is 59.1 Å². The van der Waals surface area contributed by atoms with E-state index in [4.69, 9.17) is 23.2 Å². The van der Waals surface area contributed by atoms with Gasteiger partial charge in [0.1, 0.15) is 5.03 Å². The molecule has 4 rings (SSSR count). The van der Waals surface area contributed by atoms with Crippen molar-refractivity contribution in [1.82, 2.24) is 24.5 Å². The lowest BCUT2D eigenvalue weighted by Gasteiger charge is -2.07. The number of anilines is 1. The van der Waals surface area contributed by atoms with Gasteiger partial charge in [-0.1, -0.05) is 52.7 Å². The third-order valence-electron chi connectivity index (χ3n) is 4.83. The lowest BCUT2D eigenvalue weighted by atomic mass is 10.2. The number of amides is 1. The van der Waals surface area contributed by atoms with Crippen molar-refractivity contribution in [3.8, 4) is 0 Å². The fraction of sp³-hybridized carbons (Fsp3) is 0.182. The predicted molar refractivity (Wildman–Crippen MR) is 137 cm³/mol. The fourth-order valence-corrected chi connectivity index (χ4v) is 5.04. The van der Waals surface area contributed by atoms with Crippen LogP contribution < -0.4 is 10.0 Å². The van der Waals surface area contributed by atoms with E-state index in [1.807, 2.05) is 6.92 Å². The Morgan fingerprint density at radius 2 is 1.80 bits per heavy atom. The molecule has 2 aromatic heterocycles. The highest BCUT2D eigenvalue weighted by atomic mass is 35.5. The number of hydrogen-bond acceptors (Lipinski definition) is 7. The molecule has 0 fully saturated rings. The van der Waals surface area contributed by atoms with E-state index < -0.39 is 10.0 Å². The van der Waals surface area contributed by atoms with Crippen LogP contribution in [0.3, 0.4) is 0 Å². The van der Waals surface area contributed by atoms with E-state index in [9.17, 15) is 13.2 Å². The van der Waals surface area contributed by atoms with Crippen LogP contribution in [0.2, 0.25) is 10.0 Å². The Morgan fingerprint density at radius 1 is 1.03 bits per heavy atom. The normalized spacial score (nSPS) is 11.6. The van der Waals surface area contributed by atoms with Gasteiger partial charge in [-0.05, 0) is 49.4 Å². The molecule has 0 radical (unpaired) electrons. The standard InChI is InChI=1S/C22H20Cl2N6O3S2/c1-14-2-5-16(6-3-14)35(32,33)25-11-10-20-28-27-19-8-9-22(29-30(19)20)34-13-21(31)26-15-4-7-17(23)18(24)12-15/h2-9,12,25H,10-11,13H2,1H3,(H,26,31). The number of aromatic nitrogens is 4. The number of carbonyl (C=O) groups is 1. The number of carbonyl (C=O) groups excluding carboxylic acids is 1. The van der Waals surface area contributed by atoms with Gasteiger partial charge in [-0.15, -0.1) is 10.2 Å². The minimum atomic E-state index is -3.63. The maximum atomic E-state index is 12.5. The summed E-state index contributed by atoms with van der Waals surface area (Å²) < 4.78 is 29.1. The summed E-state index contributed by atoms with van der Waals surface area (Å²) in [7, 11) is -3.63. The molecule has 4 aromatic rings. The summed E-state index contributed by atoms with van der Waals surface area (Å²) in [5.41, 5.74) is 2.04. The Hall–Kier alpha value is -2.70. The molecule has 0 saturated carbocycles. The average Bonchev–Trinajstić information content (AvgIpc) is 3.22.